The Morgan fingerprint density at radius 2 is 2.21 bits per heavy atom. The van der Waals surface area contributed by atoms with Crippen LogP contribution in [0.5, 0.6) is 0 Å². The fraction of sp³-hybridized carbons (Fsp3) is 0.500. The third-order valence-electron chi connectivity index (χ3n) is 3.42. The number of aryl methyl sites for hydroxylation is 1. The minimum atomic E-state index is -0.687. The molecule has 1 heterocycles. The molecular formula is C14H20N2O3. The highest BCUT2D eigenvalue weighted by Crippen LogP contribution is 2.17. The summed E-state index contributed by atoms with van der Waals surface area (Å²) in [5.41, 5.74) is 7.94. The van der Waals surface area contributed by atoms with Gasteiger partial charge in [-0.25, -0.2) is 0 Å². The maximum absolute atomic E-state index is 12.4. The molecule has 2 atom stereocenters. The molecule has 1 saturated heterocycles. The van der Waals surface area contributed by atoms with E-state index < -0.39 is 6.04 Å². The summed E-state index contributed by atoms with van der Waals surface area (Å²) in [6, 6.07) is 6.63. The molecule has 19 heavy (non-hydrogen) atoms. The smallest absolute Gasteiger partial charge is 0.244 e. The molecule has 0 bridgehead atoms. The van der Waals surface area contributed by atoms with Gasteiger partial charge in [-0.3, -0.25) is 4.79 Å². The summed E-state index contributed by atoms with van der Waals surface area (Å²) in [4.78, 5) is 14.0. The Morgan fingerprint density at radius 3 is 2.84 bits per heavy atom. The van der Waals surface area contributed by atoms with Gasteiger partial charge in [0.2, 0.25) is 5.91 Å². The van der Waals surface area contributed by atoms with E-state index in [2.05, 4.69) is 0 Å². The normalized spacial score (nSPS) is 21.2. The number of aliphatic hydroxyl groups excluding tert-OH is 1. The number of rotatable bonds is 3. The van der Waals surface area contributed by atoms with E-state index in [1.54, 1.807) is 4.90 Å². The van der Waals surface area contributed by atoms with Crippen molar-refractivity contribution in [3.63, 3.8) is 0 Å². The molecule has 5 nitrogen and oxygen atoms in total. The Bertz CT molecular complexity index is 433. The van der Waals surface area contributed by atoms with Gasteiger partial charge in [-0.05, 0) is 12.5 Å². The molecule has 1 amide bonds. The van der Waals surface area contributed by atoms with Crippen molar-refractivity contribution in [1.82, 2.24) is 4.90 Å². The van der Waals surface area contributed by atoms with E-state index in [-0.39, 0.29) is 18.6 Å². The molecule has 0 saturated carbocycles. The molecule has 5 heteroatoms. The maximum Gasteiger partial charge on any atom is 0.244 e. The van der Waals surface area contributed by atoms with Crippen molar-refractivity contribution >= 4 is 5.91 Å². The van der Waals surface area contributed by atoms with E-state index in [0.29, 0.717) is 19.8 Å². The topological polar surface area (TPSA) is 75.8 Å². The Hall–Kier alpha value is -1.43. The van der Waals surface area contributed by atoms with Gasteiger partial charge in [0.1, 0.15) is 6.04 Å². The van der Waals surface area contributed by atoms with Gasteiger partial charge in [0, 0.05) is 6.54 Å². The number of amides is 1. The summed E-state index contributed by atoms with van der Waals surface area (Å²) in [6.45, 7) is 3.21. The lowest BCUT2D eigenvalue weighted by Crippen LogP contribution is -2.53. The fourth-order valence-corrected chi connectivity index (χ4v) is 2.19. The zero-order valence-electron chi connectivity index (χ0n) is 11.1. The number of nitrogens with zero attached hydrogens (tertiary/aromatic N) is 1. The number of ether oxygens (including phenoxy) is 1. The van der Waals surface area contributed by atoms with Gasteiger partial charge in [-0.2, -0.15) is 0 Å². The van der Waals surface area contributed by atoms with E-state index in [9.17, 15) is 9.90 Å². The van der Waals surface area contributed by atoms with Crippen LogP contribution in [0.25, 0.3) is 0 Å². The van der Waals surface area contributed by atoms with Crippen molar-refractivity contribution in [2.24, 2.45) is 5.73 Å². The number of morpholine rings is 1. The van der Waals surface area contributed by atoms with Crippen molar-refractivity contribution in [2.75, 3.05) is 26.4 Å². The van der Waals surface area contributed by atoms with E-state index in [1.807, 2.05) is 31.2 Å². The molecule has 0 aromatic heterocycles. The molecule has 0 spiro atoms. The number of aliphatic hydroxyl groups is 1. The monoisotopic (exact) mass is 264 g/mol. The Labute approximate surface area is 113 Å². The van der Waals surface area contributed by atoms with E-state index in [4.69, 9.17) is 10.5 Å². The van der Waals surface area contributed by atoms with Crippen LogP contribution in [0, 0.1) is 6.92 Å². The second-order valence-electron chi connectivity index (χ2n) is 4.83. The quantitative estimate of drug-likeness (QED) is 0.818. The first-order chi connectivity index (χ1) is 9.13. The van der Waals surface area contributed by atoms with Gasteiger partial charge in [-0.15, -0.1) is 0 Å². The zero-order chi connectivity index (χ0) is 13.8. The molecule has 0 radical (unpaired) electrons. The maximum atomic E-state index is 12.4. The lowest BCUT2D eigenvalue weighted by atomic mass is 10.0. The van der Waals surface area contributed by atoms with Crippen molar-refractivity contribution in [3.05, 3.63) is 35.4 Å². The molecule has 104 valence electrons. The zero-order valence-corrected chi connectivity index (χ0v) is 11.1. The van der Waals surface area contributed by atoms with E-state index >= 15 is 0 Å². The molecule has 1 aromatic rings. The first kappa shape index (κ1) is 14.0. The fourth-order valence-electron chi connectivity index (χ4n) is 2.19. The standard InChI is InChI=1S/C14H20N2O3/c1-10-2-4-11(5-3-10)13(15)14(18)16-6-7-19-9-12(16)8-17/h2-5,12-13,17H,6-9,15H2,1H3. The molecular weight excluding hydrogens is 244 g/mol. The average Bonchev–Trinajstić information content (AvgIpc) is 2.46. The summed E-state index contributed by atoms with van der Waals surface area (Å²) in [7, 11) is 0. The summed E-state index contributed by atoms with van der Waals surface area (Å²) >= 11 is 0. The summed E-state index contributed by atoms with van der Waals surface area (Å²) < 4.78 is 5.26. The van der Waals surface area contributed by atoms with Crippen LogP contribution in [0.3, 0.4) is 0 Å². The first-order valence-corrected chi connectivity index (χ1v) is 6.44. The van der Waals surface area contributed by atoms with Gasteiger partial charge in [0.25, 0.3) is 0 Å². The van der Waals surface area contributed by atoms with Crippen LogP contribution < -0.4 is 5.73 Å². The number of nitrogens with two attached hydrogens (primary N) is 1. The second-order valence-corrected chi connectivity index (χ2v) is 4.83. The van der Waals surface area contributed by atoms with Gasteiger partial charge < -0.3 is 20.5 Å². The van der Waals surface area contributed by atoms with Gasteiger partial charge in [-0.1, -0.05) is 29.8 Å². The van der Waals surface area contributed by atoms with Gasteiger partial charge in [0.05, 0.1) is 25.9 Å². The third-order valence-corrected chi connectivity index (χ3v) is 3.42. The van der Waals surface area contributed by atoms with Crippen LogP contribution >= 0.6 is 0 Å². The molecule has 1 aliphatic heterocycles. The minimum absolute atomic E-state index is 0.105. The van der Waals surface area contributed by atoms with Crippen molar-refractivity contribution in [3.8, 4) is 0 Å². The molecule has 1 aromatic carbocycles. The highest BCUT2D eigenvalue weighted by atomic mass is 16.5. The van der Waals surface area contributed by atoms with Crippen molar-refractivity contribution in [2.45, 2.75) is 19.0 Å². The summed E-state index contributed by atoms with van der Waals surface area (Å²) in [5, 5.41) is 9.28. The Morgan fingerprint density at radius 1 is 1.53 bits per heavy atom. The van der Waals surface area contributed by atoms with Crippen LogP contribution in [0.15, 0.2) is 24.3 Å². The van der Waals surface area contributed by atoms with E-state index in [0.717, 1.165) is 11.1 Å². The van der Waals surface area contributed by atoms with E-state index in [1.165, 1.54) is 0 Å². The summed E-state index contributed by atoms with van der Waals surface area (Å²) in [5.74, 6) is -0.161. The van der Waals surface area contributed by atoms with Gasteiger partial charge >= 0.3 is 0 Å². The van der Waals surface area contributed by atoms with Crippen LogP contribution in [-0.4, -0.2) is 48.3 Å². The average molecular weight is 264 g/mol. The van der Waals surface area contributed by atoms with Crippen molar-refractivity contribution < 1.29 is 14.6 Å². The number of hydrogen-bond donors (Lipinski definition) is 2. The van der Waals surface area contributed by atoms with Crippen LogP contribution in [0.4, 0.5) is 0 Å². The van der Waals surface area contributed by atoms with Crippen LogP contribution in [-0.2, 0) is 9.53 Å². The number of carbonyl (C=O) groups is 1. The van der Waals surface area contributed by atoms with Crippen LogP contribution in [0.2, 0.25) is 0 Å². The molecule has 1 fully saturated rings. The molecule has 3 N–H and O–H groups in total. The van der Waals surface area contributed by atoms with Crippen molar-refractivity contribution in [1.29, 1.82) is 0 Å². The number of benzene rings is 1. The first-order valence-electron chi connectivity index (χ1n) is 6.44. The SMILES string of the molecule is Cc1ccc(C(N)C(=O)N2CCOCC2CO)cc1. The Kier molecular flexibility index (Phi) is 4.52. The predicted molar refractivity (Wildman–Crippen MR) is 71.5 cm³/mol. The second kappa shape index (κ2) is 6.14. The molecule has 2 unspecified atom stereocenters. The number of carbonyl (C=O) groups excluding carboxylic acids is 1. The highest BCUT2D eigenvalue weighted by Gasteiger charge is 2.30. The van der Waals surface area contributed by atoms with Crippen LogP contribution in [0.1, 0.15) is 17.2 Å². The predicted octanol–water partition coefficient (Wildman–Crippen LogP) is 0.215. The Balaban J connectivity index is 2.11. The third kappa shape index (κ3) is 3.12. The number of hydrogen-bond acceptors (Lipinski definition) is 4. The molecule has 0 aliphatic carbocycles. The lowest BCUT2D eigenvalue weighted by molar-refractivity contribution is -0.143. The minimum Gasteiger partial charge on any atom is -0.394 e. The molecule has 1 aliphatic rings. The largest absolute Gasteiger partial charge is 0.394 e. The highest BCUT2D eigenvalue weighted by molar-refractivity contribution is 5.83. The molecule has 2 rings (SSSR count). The van der Waals surface area contributed by atoms with Gasteiger partial charge in [0.15, 0.2) is 0 Å². The lowest BCUT2D eigenvalue weighted by Gasteiger charge is -2.36. The summed E-state index contributed by atoms with van der Waals surface area (Å²) in [6.07, 6.45) is 0.